The summed E-state index contributed by atoms with van der Waals surface area (Å²) in [6, 6.07) is 7.17. The van der Waals surface area contributed by atoms with Crippen LogP contribution >= 0.6 is 35.0 Å². The number of thioether (sulfide) groups is 1. The maximum absolute atomic E-state index is 12.6. The summed E-state index contributed by atoms with van der Waals surface area (Å²) in [5.41, 5.74) is 0.889. The standard InChI is InChI=1S/C20H18Cl2N4O4S/c1-31-8-6-16(24-19(27)14-5-4-13(21)9-15(14)22)20(28)29-11-17-25-18(26-30-17)12-3-2-7-23-10-12/h2-5,7,9-10,16H,6,8,11H2,1H3,(H,24,27). The Morgan fingerprint density at radius 3 is 2.84 bits per heavy atom. The lowest BCUT2D eigenvalue weighted by atomic mass is 10.1. The molecule has 0 fully saturated rings. The number of rotatable bonds is 9. The molecule has 0 spiro atoms. The second-order valence-electron chi connectivity index (χ2n) is 6.29. The molecule has 1 aromatic carbocycles. The van der Waals surface area contributed by atoms with Crippen molar-refractivity contribution in [3.05, 3.63) is 64.2 Å². The summed E-state index contributed by atoms with van der Waals surface area (Å²) >= 11 is 13.5. The fourth-order valence-corrected chi connectivity index (χ4v) is 3.52. The Labute approximate surface area is 192 Å². The van der Waals surface area contributed by atoms with Crippen molar-refractivity contribution in [1.29, 1.82) is 0 Å². The van der Waals surface area contributed by atoms with Gasteiger partial charge >= 0.3 is 5.97 Å². The van der Waals surface area contributed by atoms with E-state index in [-0.39, 0.29) is 23.1 Å². The fourth-order valence-electron chi connectivity index (χ4n) is 2.55. The van der Waals surface area contributed by atoms with Crippen molar-refractivity contribution in [2.24, 2.45) is 0 Å². The Kier molecular flexibility index (Phi) is 8.27. The zero-order valence-electron chi connectivity index (χ0n) is 16.4. The van der Waals surface area contributed by atoms with E-state index in [0.717, 1.165) is 0 Å². The Hall–Kier alpha value is -2.62. The van der Waals surface area contributed by atoms with Gasteiger partial charge in [0.15, 0.2) is 6.61 Å². The van der Waals surface area contributed by atoms with Gasteiger partial charge in [0.05, 0.1) is 10.6 Å². The molecule has 162 valence electrons. The maximum Gasteiger partial charge on any atom is 0.329 e. The first-order valence-electron chi connectivity index (χ1n) is 9.12. The van der Waals surface area contributed by atoms with Crippen LogP contribution in [0, 0.1) is 0 Å². The normalized spacial score (nSPS) is 11.7. The average Bonchev–Trinajstić information content (AvgIpc) is 3.24. The molecule has 0 saturated carbocycles. The van der Waals surface area contributed by atoms with E-state index in [2.05, 4.69) is 20.4 Å². The molecule has 11 heteroatoms. The van der Waals surface area contributed by atoms with Crippen LogP contribution in [0.2, 0.25) is 10.0 Å². The van der Waals surface area contributed by atoms with Gasteiger partial charge in [-0.05, 0) is 48.8 Å². The highest BCUT2D eigenvalue weighted by Gasteiger charge is 2.24. The van der Waals surface area contributed by atoms with Gasteiger partial charge in [-0.1, -0.05) is 28.4 Å². The summed E-state index contributed by atoms with van der Waals surface area (Å²) in [6.45, 7) is -0.223. The van der Waals surface area contributed by atoms with Crippen molar-refractivity contribution in [1.82, 2.24) is 20.4 Å². The summed E-state index contributed by atoms with van der Waals surface area (Å²) < 4.78 is 10.4. The summed E-state index contributed by atoms with van der Waals surface area (Å²) in [7, 11) is 0. The second-order valence-corrected chi connectivity index (χ2v) is 8.12. The molecule has 1 amide bonds. The lowest BCUT2D eigenvalue weighted by Gasteiger charge is -2.17. The topological polar surface area (TPSA) is 107 Å². The van der Waals surface area contributed by atoms with E-state index < -0.39 is 17.9 Å². The molecule has 3 aromatic rings. The lowest BCUT2D eigenvalue weighted by molar-refractivity contribution is -0.148. The first-order valence-corrected chi connectivity index (χ1v) is 11.3. The van der Waals surface area contributed by atoms with Crippen molar-refractivity contribution in [3.8, 4) is 11.4 Å². The number of nitrogens with zero attached hydrogens (tertiary/aromatic N) is 3. The van der Waals surface area contributed by atoms with Crippen LogP contribution < -0.4 is 5.32 Å². The molecule has 1 atom stereocenters. The predicted octanol–water partition coefficient (Wildman–Crippen LogP) is 4.03. The first-order chi connectivity index (χ1) is 15.0. The molecular formula is C20H18Cl2N4O4S. The molecule has 1 N–H and O–H groups in total. The number of nitrogens with one attached hydrogen (secondary N) is 1. The Balaban J connectivity index is 1.63. The van der Waals surface area contributed by atoms with Crippen molar-refractivity contribution < 1.29 is 18.8 Å². The first kappa shape index (κ1) is 23.1. The van der Waals surface area contributed by atoms with Crippen LogP contribution in [-0.4, -0.2) is 45.1 Å². The van der Waals surface area contributed by atoms with E-state index in [1.807, 2.05) is 6.26 Å². The van der Waals surface area contributed by atoms with E-state index in [9.17, 15) is 9.59 Å². The molecule has 0 aliphatic carbocycles. The molecule has 8 nitrogen and oxygen atoms in total. The second kappa shape index (κ2) is 11.1. The smallest absolute Gasteiger partial charge is 0.329 e. The summed E-state index contributed by atoms with van der Waals surface area (Å²) in [4.78, 5) is 33.4. The largest absolute Gasteiger partial charge is 0.454 e. The molecule has 1 unspecified atom stereocenters. The molecule has 31 heavy (non-hydrogen) atoms. The van der Waals surface area contributed by atoms with Gasteiger partial charge in [-0.15, -0.1) is 0 Å². The van der Waals surface area contributed by atoms with Gasteiger partial charge in [0, 0.05) is 23.0 Å². The molecule has 2 heterocycles. The number of pyridine rings is 1. The van der Waals surface area contributed by atoms with E-state index in [1.165, 1.54) is 12.1 Å². The van der Waals surface area contributed by atoms with Gasteiger partial charge in [0.25, 0.3) is 11.8 Å². The number of hydrogen-bond donors (Lipinski definition) is 1. The van der Waals surface area contributed by atoms with Gasteiger partial charge in [0.1, 0.15) is 6.04 Å². The highest BCUT2D eigenvalue weighted by atomic mass is 35.5. The third-order valence-corrected chi connectivity index (χ3v) is 5.29. The van der Waals surface area contributed by atoms with E-state index >= 15 is 0 Å². The van der Waals surface area contributed by atoms with Gasteiger partial charge in [0.2, 0.25) is 5.82 Å². The van der Waals surface area contributed by atoms with Crippen molar-refractivity contribution in [2.45, 2.75) is 19.1 Å². The van der Waals surface area contributed by atoms with Gasteiger partial charge in [-0.3, -0.25) is 9.78 Å². The number of halogens is 2. The van der Waals surface area contributed by atoms with Crippen LogP contribution in [0.5, 0.6) is 0 Å². The van der Waals surface area contributed by atoms with E-state index in [0.29, 0.717) is 28.6 Å². The Morgan fingerprint density at radius 1 is 1.29 bits per heavy atom. The summed E-state index contributed by atoms with van der Waals surface area (Å²) in [5, 5.41) is 7.11. The molecule has 3 rings (SSSR count). The quantitative estimate of drug-likeness (QED) is 0.457. The van der Waals surface area contributed by atoms with Crippen LogP contribution in [0.15, 0.2) is 47.2 Å². The van der Waals surface area contributed by atoms with Crippen LogP contribution in [-0.2, 0) is 16.1 Å². The molecule has 0 saturated heterocycles. The number of amides is 1. The van der Waals surface area contributed by atoms with Crippen LogP contribution in [0.4, 0.5) is 0 Å². The summed E-state index contributed by atoms with van der Waals surface area (Å²) in [6.07, 6.45) is 5.50. The Morgan fingerprint density at radius 2 is 2.13 bits per heavy atom. The van der Waals surface area contributed by atoms with Crippen molar-refractivity contribution in [2.75, 3.05) is 12.0 Å². The third kappa shape index (κ3) is 6.43. The lowest BCUT2D eigenvalue weighted by Crippen LogP contribution is -2.42. The molecule has 0 radical (unpaired) electrons. The number of benzene rings is 1. The third-order valence-electron chi connectivity index (χ3n) is 4.10. The monoisotopic (exact) mass is 480 g/mol. The number of aromatic nitrogens is 3. The van der Waals surface area contributed by atoms with Crippen LogP contribution in [0.1, 0.15) is 22.7 Å². The minimum Gasteiger partial charge on any atom is -0.454 e. The highest BCUT2D eigenvalue weighted by Crippen LogP contribution is 2.21. The number of ether oxygens (including phenoxy) is 1. The number of esters is 1. The molecule has 2 aromatic heterocycles. The minimum absolute atomic E-state index is 0.128. The zero-order valence-corrected chi connectivity index (χ0v) is 18.7. The maximum atomic E-state index is 12.6. The summed E-state index contributed by atoms with van der Waals surface area (Å²) in [5.74, 6) is -0.0123. The number of carbonyl (C=O) groups excluding carboxylic acids is 2. The Bertz CT molecular complexity index is 1050. The number of hydrogen-bond acceptors (Lipinski definition) is 8. The van der Waals surface area contributed by atoms with Crippen LogP contribution in [0.3, 0.4) is 0 Å². The van der Waals surface area contributed by atoms with Crippen LogP contribution in [0.25, 0.3) is 11.4 Å². The fraction of sp³-hybridized carbons (Fsp3) is 0.250. The molecule has 0 aliphatic heterocycles. The van der Waals surface area contributed by atoms with E-state index in [4.69, 9.17) is 32.5 Å². The SMILES string of the molecule is CSCCC(NC(=O)c1ccc(Cl)cc1Cl)C(=O)OCc1nc(-c2cccnc2)no1. The van der Waals surface area contributed by atoms with E-state index in [1.54, 1.807) is 42.4 Å². The van der Waals surface area contributed by atoms with Crippen molar-refractivity contribution >= 4 is 46.8 Å². The molecule has 0 bridgehead atoms. The highest BCUT2D eigenvalue weighted by molar-refractivity contribution is 7.98. The zero-order chi connectivity index (χ0) is 22.2. The van der Waals surface area contributed by atoms with Gasteiger partial charge < -0.3 is 14.6 Å². The molecule has 0 aliphatic rings. The average molecular weight is 481 g/mol. The van der Waals surface area contributed by atoms with Crippen molar-refractivity contribution in [3.63, 3.8) is 0 Å². The van der Waals surface area contributed by atoms with Gasteiger partial charge in [-0.2, -0.15) is 16.7 Å². The van der Waals surface area contributed by atoms with Gasteiger partial charge in [-0.25, -0.2) is 4.79 Å². The number of carbonyl (C=O) groups is 2. The minimum atomic E-state index is -0.868. The predicted molar refractivity (Wildman–Crippen MR) is 118 cm³/mol. The molecular weight excluding hydrogens is 463 g/mol.